The van der Waals surface area contributed by atoms with Crippen molar-refractivity contribution in [3.05, 3.63) is 65.0 Å². The fraction of sp³-hybridized carbons (Fsp3) is 0.294. The van der Waals surface area contributed by atoms with E-state index >= 15 is 0 Å². The molecular weight excluding hydrogens is 253 g/mol. The monoisotopic (exact) mass is 273 g/mol. The maximum Gasteiger partial charge on any atom is 0.124 e. The van der Waals surface area contributed by atoms with Gasteiger partial charge in [0.2, 0.25) is 0 Å². The summed E-state index contributed by atoms with van der Waals surface area (Å²) in [4.78, 5) is 0. The van der Waals surface area contributed by atoms with E-state index in [1.807, 2.05) is 38.1 Å². The van der Waals surface area contributed by atoms with Crippen LogP contribution in [0.2, 0.25) is 0 Å². The third kappa shape index (κ3) is 3.17. The zero-order valence-corrected chi connectivity index (χ0v) is 12.1. The molecule has 0 heterocycles. The molecule has 0 amide bonds. The fourth-order valence-electron chi connectivity index (χ4n) is 2.35. The van der Waals surface area contributed by atoms with Crippen LogP contribution >= 0.6 is 0 Å². The quantitative estimate of drug-likeness (QED) is 0.893. The maximum atomic E-state index is 13.5. The topological polar surface area (TPSA) is 21.3 Å². The lowest BCUT2D eigenvalue weighted by Gasteiger charge is -2.21. The Kier molecular flexibility index (Phi) is 4.74. The molecular formula is C17H20FNO. The van der Waals surface area contributed by atoms with Crippen LogP contribution in [0.5, 0.6) is 5.75 Å². The van der Waals surface area contributed by atoms with Crippen LogP contribution in [-0.2, 0) is 0 Å². The first kappa shape index (κ1) is 14.5. The third-order valence-electron chi connectivity index (χ3n) is 3.29. The number of halogens is 1. The molecule has 106 valence electrons. The van der Waals surface area contributed by atoms with Crippen molar-refractivity contribution in [3.8, 4) is 5.75 Å². The standard InChI is InChI=1S/C17H20FNO/c1-4-19-17(13-6-5-7-14(18)11-13)15-9-8-12(2)10-16(15)20-3/h5-11,17,19H,4H2,1-3H3. The normalized spacial score (nSPS) is 12.2. The van der Waals surface area contributed by atoms with E-state index in [0.717, 1.165) is 29.0 Å². The molecule has 0 saturated carbocycles. The number of aryl methyl sites for hydroxylation is 1. The largest absolute Gasteiger partial charge is 0.496 e. The molecule has 2 rings (SSSR count). The number of hydrogen-bond acceptors (Lipinski definition) is 2. The van der Waals surface area contributed by atoms with Crippen LogP contribution in [0.25, 0.3) is 0 Å². The van der Waals surface area contributed by atoms with E-state index in [9.17, 15) is 4.39 Å². The molecule has 2 aromatic rings. The van der Waals surface area contributed by atoms with Crippen molar-refractivity contribution in [1.29, 1.82) is 0 Å². The molecule has 1 unspecified atom stereocenters. The van der Waals surface area contributed by atoms with Gasteiger partial charge in [0.1, 0.15) is 11.6 Å². The van der Waals surface area contributed by atoms with Crippen molar-refractivity contribution in [1.82, 2.24) is 5.32 Å². The number of rotatable bonds is 5. The molecule has 0 aliphatic rings. The van der Waals surface area contributed by atoms with Gasteiger partial charge < -0.3 is 10.1 Å². The minimum Gasteiger partial charge on any atom is -0.496 e. The summed E-state index contributed by atoms with van der Waals surface area (Å²) in [7, 11) is 1.66. The number of ether oxygens (including phenoxy) is 1. The zero-order valence-electron chi connectivity index (χ0n) is 12.1. The third-order valence-corrected chi connectivity index (χ3v) is 3.29. The van der Waals surface area contributed by atoms with Gasteiger partial charge in [0.25, 0.3) is 0 Å². The second kappa shape index (κ2) is 6.53. The molecule has 0 spiro atoms. The minimum atomic E-state index is -0.225. The molecule has 0 bridgehead atoms. The fourth-order valence-corrected chi connectivity index (χ4v) is 2.35. The van der Waals surface area contributed by atoms with E-state index < -0.39 is 0 Å². The lowest BCUT2D eigenvalue weighted by molar-refractivity contribution is 0.404. The van der Waals surface area contributed by atoms with E-state index in [2.05, 4.69) is 5.32 Å². The van der Waals surface area contributed by atoms with E-state index in [1.54, 1.807) is 19.2 Å². The van der Waals surface area contributed by atoms with Gasteiger partial charge in [-0.15, -0.1) is 0 Å². The van der Waals surface area contributed by atoms with Gasteiger partial charge in [0.15, 0.2) is 0 Å². The van der Waals surface area contributed by atoms with E-state index in [1.165, 1.54) is 6.07 Å². The molecule has 0 saturated heterocycles. The average molecular weight is 273 g/mol. The van der Waals surface area contributed by atoms with Gasteiger partial charge in [-0.05, 0) is 42.8 Å². The lowest BCUT2D eigenvalue weighted by atomic mass is 9.96. The summed E-state index contributed by atoms with van der Waals surface area (Å²) in [6, 6.07) is 12.7. The number of nitrogens with one attached hydrogen (secondary N) is 1. The van der Waals surface area contributed by atoms with Crippen molar-refractivity contribution in [2.45, 2.75) is 19.9 Å². The van der Waals surface area contributed by atoms with Crippen LogP contribution in [0.3, 0.4) is 0 Å². The van der Waals surface area contributed by atoms with Crippen LogP contribution < -0.4 is 10.1 Å². The minimum absolute atomic E-state index is 0.0775. The Bertz CT molecular complexity index is 583. The molecule has 0 aliphatic heterocycles. The van der Waals surface area contributed by atoms with Crippen LogP contribution in [0.15, 0.2) is 42.5 Å². The lowest BCUT2D eigenvalue weighted by Crippen LogP contribution is -2.22. The SMILES string of the molecule is CCNC(c1cccc(F)c1)c1ccc(C)cc1OC. The highest BCUT2D eigenvalue weighted by molar-refractivity contribution is 5.43. The average Bonchev–Trinajstić information content (AvgIpc) is 2.45. The summed E-state index contributed by atoms with van der Waals surface area (Å²) in [5.74, 6) is 0.594. The number of methoxy groups -OCH3 is 1. The smallest absolute Gasteiger partial charge is 0.124 e. The van der Waals surface area contributed by atoms with Gasteiger partial charge in [0.05, 0.1) is 13.2 Å². The first-order valence-corrected chi connectivity index (χ1v) is 6.79. The second-order valence-corrected chi connectivity index (χ2v) is 4.79. The van der Waals surface area contributed by atoms with Crippen molar-refractivity contribution < 1.29 is 9.13 Å². The Morgan fingerprint density at radius 3 is 2.65 bits per heavy atom. The van der Waals surface area contributed by atoms with E-state index in [-0.39, 0.29) is 11.9 Å². The molecule has 1 N–H and O–H groups in total. The molecule has 0 radical (unpaired) electrons. The Hall–Kier alpha value is -1.87. The Labute approximate surface area is 119 Å². The summed E-state index contributed by atoms with van der Waals surface area (Å²) in [6.07, 6.45) is 0. The molecule has 20 heavy (non-hydrogen) atoms. The number of hydrogen-bond donors (Lipinski definition) is 1. The highest BCUT2D eigenvalue weighted by Gasteiger charge is 2.17. The van der Waals surface area contributed by atoms with Crippen molar-refractivity contribution in [3.63, 3.8) is 0 Å². The summed E-state index contributed by atoms with van der Waals surface area (Å²) in [5.41, 5.74) is 3.06. The molecule has 2 aromatic carbocycles. The van der Waals surface area contributed by atoms with Gasteiger partial charge in [-0.25, -0.2) is 4.39 Å². The Morgan fingerprint density at radius 2 is 2.00 bits per heavy atom. The van der Waals surface area contributed by atoms with Gasteiger partial charge >= 0.3 is 0 Å². The molecule has 0 aliphatic carbocycles. The molecule has 1 atom stereocenters. The second-order valence-electron chi connectivity index (χ2n) is 4.79. The molecule has 0 aromatic heterocycles. The van der Waals surface area contributed by atoms with Gasteiger partial charge in [-0.1, -0.05) is 31.2 Å². The predicted octanol–water partition coefficient (Wildman–Crippen LogP) is 3.84. The van der Waals surface area contributed by atoms with E-state index in [4.69, 9.17) is 4.74 Å². The predicted molar refractivity (Wildman–Crippen MR) is 79.7 cm³/mol. The van der Waals surface area contributed by atoms with Crippen LogP contribution in [0.4, 0.5) is 4.39 Å². The van der Waals surface area contributed by atoms with Crippen molar-refractivity contribution >= 4 is 0 Å². The zero-order chi connectivity index (χ0) is 14.5. The van der Waals surface area contributed by atoms with Crippen molar-refractivity contribution in [2.75, 3.05) is 13.7 Å². The number of benzene rings is 2. The Morgan fingerprint density at radius 1 is 1.20 bits per heavy atom. The summed E-state index contributed by atoms with van der Waals surface area (Å²) >= 11 is 0. The molecule has 3 heteroatoms. The van der Waals surface area contributed by atoms with E-state index in [0.29, 0.717) is 0 Å². The van der Waals surface area contributed by atoms with Gasteiger partial charge in [-0.2, -0.15) is 0 Å². The maximum absolute atomic E-state index is 13.5. The first-order chi connectivity index (χ1) is 9.65. The molecule has 0 fully saturated rings. The van der Waals surface area contributed by atoms with Crippen molar-refractivity contribution in [2.24, 2.45) is 0 Å². The van der Waals surface area contributed by atoms with Gasteiger partial charge in [-0.3, -0.25) is 0 Å². The van der Waals surface area contributed by atoms with Gasteiger partial charge in [0, 0.05) is 5.56 Å². The highest BCUT2D eigenvalue weighted by Crippen LogP contribution is 2.31. The first-order valence-electron chi connectivity index (χ1n) is 6.79. The summed E-state index contributed by atoms with van der Waals surface area (Å²) < 4.78 is 18.9. The van der Waals surface area contributed by atoms with Crippen LogP contribution in [0, 0.1) is 12.7 Å². The highest BCUT2D eigenvalue weighted by atomic mass is 19.1. The van der Waals surface area contributed by atoms with Crippen LogP contribution in [-0.4, -0.2) is 13.7 Å². The molecule has 2 nitrogen and oxygen atoms in total. The Balaban J connectivity index is 2.48. The summed E-state index contributed by atoms with van der Waals surface area (Å²) in [6.45, 7) is 4.85. The summed E-state index contributed by atoms with van der Waals surface area (Å²) in [5, 5.41) is 3.39. The van der Waals surface area contributed by atoms with Crippen LogP contribution in [0.1, 0.15) is 29.7 Å².